The fourth-order valence-electron chi connectivity index (χ4n) is 3.80. The number of carbonyl (C=O) groups excluding carboxylic acids is 2. The van der Waals surface area contributed by atoms with Gasteiger partial charge in [0.05, 0.1) is 12.2 Å². The van der Waals surface area contributed by atoms with Gasteiger partial charge in [-0.15, -0.1) is 11.3 Å². The van der Waals surface area contributed by atoms with Crippen molar-refractivity contribution in [3.63, 3.8) is 0 Å². The van der Waals surface area contributed by atoms with Gasteiger partial charge in [-0.1, -0.05) is 18.5 Å². The largest absolute Gasteiger partial charge is 0.485 e. The Labute approximate surface area is 201 Å². The number of anilines is 1. The van der Waals surface area contributed by atoms with E-state index in [2.05, 4.69) is 5.32 Å². The van der Waals surface area contributed by atoms with Gasteiger partial charge in [-0.05, 0) is 80.5 Å². The smallest absolute Gasteiger partial charge is 0.341 e. The second kappa shape index (κ2) is 10.4. The van der Waals surface area contributed by atoms with Crippen LogP contribution in [-0.2, 0) is 24.2 Å². The van der Waals surface area contributed by atoms with Crippen LogP contribution in [0.1, 0.15) is 68.9 Å². The van der Waals surface area contributed by atoms with Gasteiger partial charge in [0, 0.05) is 9.90 Å². The number of rotatable bonds is 8. The van der Waals surface area contributed by atoms with Crippen molar-refractivity contribution in [3.8, 4) is 5.75 Å². The average Bonchev–Trinajstić information content (AvgIpc) is 3.41. The normalized spacial score (nSPS) is 12.8. The van der Waals surface area contributed by atoms with Crippen LogP contribution < -0.4 is 10.1 Å². The number of esters is 1. The molecule has 0 aliphatic heterocycles. The molecule has 1 aromatic carbocycles. The van der Waals surface area contributed by atoms with Crippen molar-refractivity contribution in [1.29, 1.82) is 0 Å². The minimum Gasteiger partial charge on any atom is -0.485 e. The number of ether oxygens (including phenoxy) is 2. The summed E-state index contributed by atoms with van der Waals surface area (Å²) in [5.41, 5.74) is 2.41. The predicted octanol–water partition coefficient (Wildman–Crippen LogP) is 6.58. The van der Waals surface area contributed by atoms with Gasteiger partial charge in [0.2, 0.25) is 0 Å². The van der Waals surface area contributed by atoms with Crippen LogP contribution in [0.3, 0.4) is 0 Å². The standard InChI is InChI=1S/C25H26ClNO5S/c1-3-12-30-25(29)22-18-6-4-5-7-21(18)33-24(22)27-23(28)20-11-9-17(32-20)14-31-19-10-8-16(26)13-15(19)2/h8-11,13H,3-7,12,14H2,1-2H3,(H,27,28). The van der Waals surface area contributed by atoms with Gasteiger partial charge in [-0.2, -0.15) is 0 Å². The number of amides is 1. The molecule has 174 valence electrons. The van der Waals surface area contributed by atoms with E-state index in [4.69, 9.17) is 25.5 Å². The number of benzene rings is 1. The SMILES string of the molecule is CCCOC(=O)c1c(NC(=O)c2ccc(COc3ccc(Cl)cc3C)o2)sc2c1CCCC2. The first-order chi connectivity index (χ1) is 16.0. The zero-order valence-electron chi connectivity index (χ0n) is 18.7. The molecule has 0 unspecified atom stereocenters. The highest BCUT2D eigenvalue weighted by molar-refractivity contribution is 7.17. The lowest BCUT2D eigenvalue weighted by Gasteiger charge is -2.12. The average molecular weight is 488 g/mol. The Bertz CT molecular complexity index is 1170. The maximum Gasteiger partial charge on any atom is 0.341 e. The Morgan fingerprint density at radius 1 is 1.18 bits per heavy atom. The minimum absolute atomic E-state index is 0.153. The monoisotopic (exact) mass is 487 g/mol. The summed E-state index contributed by atoms with van der Waals surface area (Å²) < 4.78 is 16.9. The van der Waals surface area contributed by atoms with Gasteiger partial charge < -0.3 is 19.2 Å². The Morgan fingerprint density at radius 2 is 2.00 bits per heavy atom. The van der Waals surface area contributed by atoms with Crippen LogP contribution in [0.2, 0.25) is 5.02 Å². The van der Waals surface area contributed by atoms with E-state index in [1.807, 2.05) is 19.9 Å². The molecule has 1 aliphatic rings. The molecule has 1 N–H and O–H groups in total. The van der Waals surface area contributed by atoms with Crippen LogP contribution in [-0.4, -0.2) is 18.5 Å². The van der Waals surface area contributed by atoms with E-state index >= 15 is 0 Å². The second-order valence-corrected chi connectivity index (χ2v) is 9.51. The van der Waals surface area contributed by atoms with Crippen LogP contribution >= 0.6 is 22.9 Å². The van der Waals surface area contributed by atoms with Crippen LogP contribution in [0.15, 0.2) is 34.7 Å². The summed E-state index contributed by atoms with van der Waals surface area (Å²) in [4.78, 5) is 26.8. The fraction of sp³-hybridized carbons (Fsp3) is 0.360. The third-order valence-electron chi connectivity index (χ3n) is 5.43. The van der Waals surface area contributed by atoms with Crippen LogP contribution in [0.4, 0.5) is 5.00 Å². The number of thiophene rings is 1. The van der Waals surface area contributed by atoms with Gasteiger partial charge in [0.15, 0.2) is 5.76 Å². The summed E-state index contributed by atoms with van der Waals surface area (Å²) in [5, 5.41) is 4.04. The maximum atomic E-state index is 12.9. The van der Waals surface area contributed by atoms with Crippen molar-refractivity contribution in [2.45, 2.75) is 52.6 Å². The fourth-order valence-corrected chi connectivity index (χ4v) is 5.30. The van der Waals surface area contributed by atoms with Crippen molar-refractivity contribution < 1.29 is 23.5 Å². The number of aryl methyl sites for hydroxylation is 2. The molecule has 0 radical (unpaired) electrons. The second-order valence-electron chi connectivity index (χ2n) is 7.97. The highest BCUT2D eigenvalue weighted by atomic mass is 35.5. The van der Waals surface area contributed by atoms with Crippen molar-refractivity contribution >= 4 is 39.8 Å². The number of halogens is 1. The van der Waals surface area contributed by atoms with Crippen molar-refractivity contribution in [2.24, 2.45) is 0 Å². The number of fused-ring (bicyclic) bond motifs is 1. The molecule has 1 amide bonds. The van der Waals surface area contributed by atoms with E-state index in [0.717, 1.165) is 48.1 Å². The Hall–Kier alpha value is -2.77. The molecule has 4 rings (SSSR count). The van der Waals surface area contributed by atoms with Gasteiger partial charge in [-0.3, -0.25) is 4.79 Å². The van der Waals surface area contributed by atoms with Crippen molar-refractivity contribution in [2.75, 3.05) is 11.9 Å². The Morgan fingerprint density at radius 3 is 2.79 bits per heavy atom. The molecule has 0 fully saturated rings. The van der Waals surface area contributed by atoms with Crippen LogP contribution in [0, 0.1) is 6.92 Å². The topological polar surface area (TPSA) is 77.8 Å². The number of nitrogens with one attached hydrogen (secondary N) is 1. The molecule has 1 aliphatic carbocycles. The van der Waals surface area contributed by atoms with Crippen molar-refractivity contribution in [1.82, 2.24) is 0 Å². The Balaban J connectivity index is 1.47. The molecular formula is C25H26ClNO5S. The maximum absolute atomic E-state index is 12.9. The predicted molar refractivity (Wildman–Crippen MR) is 129 cm³/mol. The van der Waals surface area contributed by atoms with Crippen molar-refractivity contribution in [3.05, 3.63) is 68.4 Å². The van der Waals surface area contributed by atoms with Gasteiger partial charge in [-0.25, -0.2) is 4.79 Å². The molecule has 3 aromatic rings. The number of hydrogen-bond acceptors (Lipinski definition) is 6. The molecule has 0 saturated carbocycles. The van der Waals surface area contributed by atoms with E-state index in [1.165, 1.54) is 11.3 Å². The third-order valence-corrected chi connectivity index (χ3v) is 6.87. The quantitative estimate of drug-likeness (QED) is 0.363. The molecule has 33 heavy (non-hydrogen) atoms. The van der Waals surface area contributed by atoms with E-state index < -0.39 is 5.91 Å². The zero-order chi connectivity index (χ0) is 23.4. The molecule has 0 spiro atoms. The lowest BCUT2D eigenvalue weighted by atomic mass is 9.95. The third kappa shape index (κ3) is 5.42. The lowest BCUT2D eigenvalue weighted by Crippen LogP contribution is -2.15. The molecule has 2 aromatic heterocycles. The summed E-state index contributed by atoms with van der Waals surface area (Å²) >= 11 is 7.43. The summed E-state index contributed by atoms with van der Waals surface area (Å²) in [7, 11) is 0. The molecule has 8 heteroatoms. The number of furan rings is 1. The summed E-state index contributed by atoms with van der Waals surface area (Å²) in [6.07, 6.45) is 4.59. The number of carbonyl (C=O) groups is 2. The van der Waals surface area contributed by atoms with Gasteiger partial charge >= 0.3 is 5.97 Å². The lowest BCUT2D eigenvalue weighted by molar-refractivity contribution is 0.0505. The molecule has 0 atom stereocenters. The summed E-state index contributed by atoms with van der Waals surface area (Å²) in [6, 6.07) is 8.68. The van der Waals surface area contributed by atoms with E-state index in [-0.39, 0.29) is 18.3 Å². The van der Waals surface area contributed by atoms with E-state index in [0.29, 0.717) is 33.7 Å². The zero-order valence-corrected chi connectivity index (χ0v) is 20.2. The molecule has 6 nitrogen and oxygen atoms in total. The van der Waals surface area contributed by atoms with Gasteiger partial charge in [0.25, 0.3) is 5.91 Å². The molecule has 2 heterocycles. The summed E-state index contributed by atoms with van der Waals surface area (Å²) in [6.45, 7) is 4.39. The molecule has 0 saturated heterocycles. The minimum atomic E-state index is -0.410. The Kier molecular flexibility index (Phi) is 7.40. The first kappa shape index (κ1) is 23.4. The van der Waals surface area contributed by atoms with Crippen LogP contribution in [0.25, 0.3) is 0 Å². The highest BCUT2D eigenvalue weighted by Gasteiger charge is 2.28. The van der Waals surface area contributed by atoms with Crippen LogP contribution in [0.5, 0.6) is 5.75 Å². The van der Waals surface area contributed by atoms with Gasteiger partial charge in [0.1, 0.15) is 23.1 Å². The van der Waals surface area contributed by atoms with E-state index in [1.54, 1.807) is 24.3 Å². The molecular weight excluding hydrogens is 462 g/mol. The summed E-state index contributed by atoms with van der Waals surface area (Å²) in [5.74, 6) is 0.579. The first-order valence-corrected chi connectivity index (χ1v) is 12.3. The highest BCUT2D eigenvalue weighted by Crippen LogP contribution is 2.39. The molecule has 0 bridgehead atoms. The number of hydrogen-bond donors (Lipinski definition) is 1. The van der Waals surface area contributed by atoms with E-state index in [9.17, 15) is 9.59 Å². The first-order valence-electron chi connectivity index (χ1n) is 11.1.